The van der Waals surface area contributed by atoms with E-state index in [1.807, 2.05) is 13.2 Å². The van der Waals surface area contributed by atoms with Crippen LogP contribution in [0.5, 0.6) is 0 Å². The van der Waals surface area contributed by atoms with E-state index in [1.165, 1.54) is 0 Å². The highest BCUT2D eigenvalue weighted by Crippen LogP contribution is 2.13. The summed E-state index contributed by atoms with van der Waals surface area (Å²) in [4.78, 5) is 2.26. The van der Waals surface area contributed by atoms with Crippen LogP contribution >= 0.6 is 0 Å². The van der Waals surface area contributed by atoms with Crippen LogP contribution < -0.4 is 0 Å². The van der Waals surface area contributed by atoms with Crippen molar-refractivity contribution in [2.75, 3.05) is 19.8 Å². The van der Waals surface area contributed by atoms with Crippen LogP contribution in [0.1, 0.15) is 12.6 Å². The molecule has 1 fully saturated rings. The molecule has 1 saturated heterocycles. The molecule has 0 amide bonds. The highest BCUT2D eigenvalue weighted by atomic mass is 16.5. The lowest BCUT2D eigenvalue weighted by Crippen LogP contribution is -2.48. The third-order valence-corrected chi connectivity index (χ3v) is 2.85. The van der Waals surface area contributed by atoms with E-state index in [9.17, 15) is 0 Å². The second-order valence-electron chi connectivity index (χ2n) is 4.30. The number of ether oxygens (including phenoxy) is 1. The van der Waals surface area contributed by atoms with Crippen molar-refractivity contribution in [3.05, 3.63) is 11.9 Å². The SMILES string of the molecule is CC1COC(CO)CN1Cc1cn(C)nn1. The van der Waals surface area contributed by atoms with Crippen LogP contribution in [0.3, 0.4) is 0 Å². The van der Waals surface area contributed by atoms with Crippen molar-refractivity contribution in [3.63, 3.8) is 0 Å². The fourth-order valence-electron chi connectivity index (χ4n) is 1.88. The fourth-order valence-corrected chi connectivity index (χ4v) is 1.88. The van der Waals surface area contributed by atoms with Crippen molar-refractivity contribution in [2.45, 2.75) is 25.6 Å². The largest absolute Gasteiger partial charge is 0.394 e. The van der Waals surface area contributed by atoms with Gasteiger partial charge in [0.1, 0.15) is 0 Å². The summed E-state index contributed by atoms with van der Waals surface area (Å²) in [7, 11) is 1.86. The van der Waals surface area contributed by atoms with Crippen molar-refractivity contribution in [1.82, 2.24) is 19.9 Å². The number of aliphatic hydroxyl groups excluding tert-OH is 1. The molecule has 0 aromatic carbocycles. The Kier molecular flexibility index (Phi) is 3.52. The van der Waals surface area contributed by atoms with E-state index in [0.717, 1.165) is 18.8 Å². The highest BCUT2D eigenvalue weighted by Gasteiger charge is 2.26. The van der Waals surface area contributed by atoms with Crippen molar-refractivity contribution < 1.29 is 9.84 Å². The van der Waals surface area contributed by atoms with Crippen LogP contribution in [0, 0.1) is 0 Å². The predicted molar refractivity (Wildman–Crippen MR) is 57.7 cm³/mol. The minimum atomic E-state index is -0.0760. The molecule has 0 bridgehead atoms. The number of nitrogens with zero attached hydrogens (tertiary/aromatic N) is 4. The molecule has 1 aliphatic rings. The zero-order chi connectivity index (χ0) is 11.5. The van der Waals surface area contributed by atoms with Crippen LogP contribution in [-0.4, -0.2) is 56.9 Å². The Labute approximate surface area is 94.8 Å². The van der Waals surface area contributed by atoms with Crippen molar-refractivity contribution >= 4 is 0 Å². The number of aliphatic hydroxyl groups is 1. The molecular formula is C10H18N4O2. The third-order valence-electron chi connectivity index (χ3n) is 2.85. The number of hydrogen-bond donors (Lipinski definition) is 1. The molecule has 6 nitrogen and oxygen atoms in total. The Bertz CT molecular complexity index is 341. The molecule has 1 aromatic heterocycles. The van der Waals surface area contributed by atoms with E-state index in [0.29, 0.717) is 12.6 Å². The summed E-state index contributed by atoms with van der Waals surface area (Å²) in [6.07, 6.45) is 1.84. The molecule has 0 spiro atoms. The zero-order valence-corrected chi connectivity index (χ0v) is 9.70. The first-order valence-electron chi connectivity index (χ1n) is 5.50. The van der Waals surface area contributed by atoms with Crippen molar-refractivity contribution in [3.8, 4) is 0 Å². The van der Waals surface area contributed by atoms with Crippen LogP contribution in [0.15, 0.2) is 6.20 Å². The van der Waals surface area contributed by atoms with Crippen molar-refractivity contribution in [1.29, 1.82) is 0 Å². The van der Waals surface area contributed by atoms with Gasteiger partial charge in [0, 0.05) is 32.4 Å². The molecule has 16 heavy (non-hydrogen) atoms. The molecule has 6 heteroatoms. The van der Waals surface area contributed by atoms with E-state index in [2.05, 4.69) is 22.1 Å². The van der Waals surface area contributed by atoms with Gasteiger partial charge < -0.3 is 9.84 Å². The lowest BCUT2D eigenvalue weighted by Gasteiger charge is -2.36. The standard InChI is InChI=1S/C10H18N4O2/c1-8-7-16-10(6-15)5-14(8)4-9-3-13(2)12-11-9/h3,8,10,15H,4-7H2,1-2H3. The second kappa shape index (κ2) is 4.90. The average Bonchev–Trinajstić information content (AvgIpc) is 2.67. The van der Waals surface area contributed by atoms with Crippen LogP contribution in [0.4, 0.5) is 0 Å². The normalized spacial score (nSPS) is 27.2. The molecule has 0 saturated carbocycles. The lowest BCUT2D eigenvalue weighted by atomic mass is 10.2. The molecule has 2 atom stereocenters. The molecule has 2 rings (SSSR count). The summed E-state index contributed by atoms with van der Waals surface area (Å²) in [5.74, 6) is 0. The van der Waals surface area contributed by atoms with E-state index in [4.69, 9.17) is 9.84 Å². The maximum absolute atomic E-state index is 9.08. The first-order chi connectivity index (χ1) is 7.69. The molecular weight excluding hydrogens is 208 g/mol. The van der Waals surface area contributed by atoms with Gasteiger partial charge in [-0.3, -0.25) is 9.58 Å². The molecule has 2 unspecified atom stereocenters. The van der Waals surface area contributed by atoms with E-state index in [-0.39, 0.29) is 12.7 Å². The van der Waals surface area contributed by atoms with Gasteiger partial charge in [-0.1, -0.05) is 5.21 Å². The number of aromatic nitrogens is 3. The quantitative estimate of drug-likeness (QED) is 0.745. The van der Waals surface area contributed by atoms with Gasteiger partial charge >= 0.3 is 0 Å². The topological polar surface area (TPSA) is 63.4 Å². The van der Waals surface area contributed by atoms with Gasteiger partial charge in [-0.25, -0.2) is 0 Å². The first-order valence-corrected chi connectivity index (χ1v) is 5.50. The first kappa shape index (κ1) is 11.5. The summed E-state index contributed by atoms with van der Waals surface area (Å²) >= 11 is 0. The molecule has 0 aliphatic carbocycles. The minimum Gasteiger partial charge on any atom is -0.394 e. The zero-order valence-electron chi connectivity index (χ0n) is 9.70. The highest BCUT2D eigenvalue weighted by molar-refractivity contribution is 4.93. The summed E-state index contributed by atoms with van der Waals surface area (Å²) in [5.41, 5.74) is 0.952. The maximum Gasteiger partial charge on any atom is 0.0967 e. The number of hydrogen-bond acceptors (Lipinski definition) is 5. The Hall–Kier alpha value is -0.980. The van der Waals surface area contributed by atoms with Crippen LogP contribution in [0.2, 0.25) is 0 Å². The van der Waals surface area contributed by atoms with Gasteiger partial charge in [-0.2, -0.15) is 0 Å². The van der Waals surface area contributed by atoms with Gasteiger partial charge in [0.2, 0.25) is 0 Å². The van der Waals surface area contributed by atoms with Crippen molar-refractivity contribution in [2.24, 2.45) is 7.05 Å². The Balaban J connectivity index is 1.96. The molecule has 1 aliphatic heterocycles. The van der Waals surface area contributed by atoms with E-state index in [1.54, 1.807) is 4.68 Å². The number of rotatable bonds is 3. The molecule has 90 valence electrons. The number of morpholine rings is 1. The minimum absolute atomic E-state index is 0.0731. The Morgan fingerprint density at radius 1 is 1.62 bits per heavy atom. The van der Waals surface area contributed by atoms with Gasteiger partial charge in [0.15, 0.2) is 0 Å². The molecule has 2 heterocycles. The number of aryl methyl sites for hydroxylation is 1. The van der Waals surface area contributed by atoms with E-state index < -0.39 is 0 Å². The average molecular weight is 226 g/mol. The maximum atomic E-state index is 9.08. The smallest absolute Gasteiger partial charge is 0.0967 e. The Morgan fingerprint density at radius 2 is 2.44 bits per heavy atom. The van der Waals surface area contributed by atoms with Crippen LogP contribution in [-0.2, 0) is 18.3 Å². The van der Waals surface area contributed by atoms with Gasteiger partial charge in [0.25, 0.3) is 0 Å². The summed E-state index contributed by atoms with van der Waals surface area (Å²) in [6, 6.07) is 0.352. The molecule has 0 radical (unpaired) electrons. The third kappa shape index (κ3) is 2.58. The van der Waals surface area contributed by atoms with E-state index >= 15 is 0 Å². The molecule has 1 aromatic rings. The fraction of sp³-hybridized carbons (Fsp3) is 0.800. The summed E-state index contributed by atoms with van der Waals surface area (Å²) < 4.78 is 7.18. The Morgan fingerprint density at radius 3 is 3.06 bits per heavy atom. The summed E-state index contributed by atoms with van der Waals surface area (Å²) in [5, 5.41) is 17.1. The van der Waals surface area contributed by atoms with Gasteiger partial charge in [0.05, 0.1) is 25.0 Å². The summed E-state index contributed by atoms with van der Waals surface area (Å²) in [6.45, 7) is 4.35. The monoisotopic (exact) mass is 226 g/mol. The van der Waals surface area contributed by atoms with Crippen LogP contribution in [0.25, 0.3) is 0 Å². The van der Waals surface area contributed by atoms with Gasteiger partial charge in [-0.15, -0.1) is 5.10 Å². The van der Waals surface area contributed by atoms with Gasteiger partial charge in [-0.05, 0) is 6.92 Å². The predicted octanol–water partition coefficient (Wildman–Crippen LogP) is -0.603. The second-order valence-corrected chi connectivity index (χ2v) is 4.30. The lowest BCUT2D eigenvalue weighted by molar-refractivity contribution is -0.0808. The molecule has 1 N–H and O–H groups in total.